The second-order valence-electron chi connectivity index (χ2n) is 6.06. The Kier molecular flexibility index (Phi) is 6.10. The number of aliphatic imine (C=N–C) groups is 1. The summed E-state index contributed by atoms with van der Waals surface area (Å²) in [5.41, 5.74) is 9.15. The molecule has 0 fully saturated rings. The van der Waals surface area contributed by atoms with Gasteiger partial charge in [-0.15, -0.1) is 0 Å². The molecule has 0 saturated heterocycles. The van der Waals surface area contributed by atoms with Gasteiger partial charge in [0.2, 0.25) is 0 Å². The number of para-hydroxylation sites is 1. The fourth-order valence-corrected chi connectivity index (χ4v) is 2.89. The van der Waals surface area contributed by atoms with Crippen LogP contribution in [-0.4, -0.2) is 31.7 Å². The summed E-state index contributed by atoms with van der Waals surface area (Å²) in [6.07, 6.45) is 2.59. The van der Waals surface area contributed by atoms with Crippen LogP contribution in [-0.2, 0) is 13.0 Å². The molecule has 0 amide bonds. The van der Waals surface area contributed by atoms with E-state index in [0.29, 0.717) is 19.0 Å². The molecule has 0 saturated carbocycles. The van der Waals surface area contributed by atoms with Gasteiger partial charge in [-0.3, -0.25) is 4.98 Å². The number of benzene rings is 2. The first-order valence-corrected chi connectivity index (χ1v) is 8.78. The molecule has 6 nitrogen and oxygen atoms in total. The zero-order valence-electron chi connectivity index (χ0n) is 15.6. The summed E-state index contributed by atoms with van der Waals surface area (Å²) in [5.74, 6) is 1.86. The highest BCUT2D eigenvalue weighted by molar-refractivity contribution is 5.82. The van der Waals surface area contributed by atoms with Gasteiger partial charge in [0.1, 0.15) is 0 Å². The van der Waals surface area contributed by atoms with Gasteiger partial charge in [-0.25, -0.2) is 4.99 Å². The van der Waals surface area contributed by atoms with Crippen LogP contribution in [0, 0.1) is 0 Å². The molecule has 3 N–H and O–H groups in total. The van der Waals surface area contributed by atoms with E-state index < -0.39 is 0 Å². The lowest BCUT2D eigenvalue weighted by molar-refractivity contribution is 0.354. The van der Waals surface area contributed by atoms with Crippen molar-refractivity contribution in [2.75, 3.05) is 20.8 Å². The second-order valence-corrected chi connectivity index (χ2v) is 6.06. The van der Waals surface area contributed by atoms with E-state index in [1.807, 2.05) is 48.5 Å². The highest BCUT2D eigenvalue weighted by atomic mass is 16.5. The molecule has 3 aromatic rings. The quantitative estimate of drug-likeness (QED) is 0.498. The molecular formula is C21H24N4O2. The maximum atomic E-state index is 6.01. The zero-order valence-corrected chi connectivity index (χ0v) is 15.6. The molecule has 0 bridgehead atoms. The topological polar surface area (TPSA) is 81.8 Å². The van der Waals surface area contributed by atoms with E-state index in [1.165, 1.54) is 0 Å². The van der Waals surface area contributed by atoms with E-state index >= 15 is 0 Å². The van der Waals surface area contributed by atoms with Crippen LogP contribution in [0.1, 0.15) is 11.1 Å². The summed E-state index contributed by atoms with van der Waals surface area (Å²) in [6.45, 7) is 1.17. The number of rotatable bonds is 7. The van der Waals surface area contributed by atoms with Gasteiger partial charge in [0.15, 0.2) is 17.5 Å². The number of guanidine groups is 1. The van der Waals surface area contributed by atoms with E-state index in [2.05, 4.69) is 15.3 Å². The summed E-state index contributed by atoms with van der Waals surface area (Å²) in [5, 5.41) is 4.25. The van der Waals surface area contributed by atoms with Crippen molar-refractivity contribution >= 4 is 16.9 Å². The molecule has 6 heteroatoms. The average Bonchev–Trinajstić information content (AvgIpc) is 2.72. The minimum absolute atomic E-state index is 0.420. The highest BCUT2D eigenvalue weighted by Gasteiger charge is 2.05. The molecule has 3 rings (SSSR count). The Bertz CT molecular complexity index is 935. The average molecular weight is 364 g/mol. The van der Waals surface area contributed by atoms with Gasteiger partial charge < -0.3 is 20.5 Å². The Labute approximate surface area is 159 Å². The number of aromatic nitrogens is 1. The number of methoxy groups -OCH3 is 2. The van der Waals surface area contributed by atoms with Crippen molar-refractivity contribution in [3.8, 4) is 11.5 Å². The first-order chi connectivity index (χ1) is 13.2. The van der Waals surface area contributed by atoms with Crippen molar-refractivity contribution < 1.29 is 9.47 Å². The molecule has 0 unspecified atom stereocenters. The number of nitrogens with one attached hydrogen (secondary N) is 1. The van der Waals surface area contributed by atoms with E-state index in [1.54, 1.807) is 20.4 Å². The highest BCUT2D eigenvalue weighted by Crippen LogP contribution is 2.27. The standard InChI is InChI=1S/C21H24N4O2/c1-26-18-9-8-15(13-19(18)27-2)10-12-24-21(22)25-14-17-6-3-5-16-7-4-11-23-20(16)17/h3-9,11,13H,10,12,14H2,1-2H3,(H3,22,24,25). The molecule has 0 aliphatic carbocycles. The number of hydrogen-bond acceptors (Lipinski definition) is 4. The minimum atomic E-state index is 0.420. The van der Waals surface area contributed by atoms with E-state index in [9.17, 15) is 0 Å². The monoisotopic (exact) mass is 364 g/mol. The number of fused-ring (bicyclic) bond motifs is 1. The van der Waals surface area contributed by atoms with Crippen molar-refractivity contribution in [2.24, 2.45) is 10.7 Å². The van der Waals surface area contributed by atoms with Crippen molar-refractivity contribution in [1.29, 1.82) is 0 Å². The third-order valence-electron chi connectivity index (χ3n) is 4.30. The Balaban J connectivity index is 1.57. The Hall–Kier alpha value is -3.28. The lowest BCUT2D eigenvalue weighted by atomic mass is 10.1. The zero-order chi connectivity index (χ0) is 19.1. The Morgan fingerprint density at radius 1 is 1.07 bits per heavy atom. The third-order valence-corrected chi connectivity index (χ3v) is 4.30. The molecule has 0 aliphatic heterocycles. The largest absolute Gasteiger partial charge is 0.493 e. The first-order valence-electron chi connectivity index (χ1n) is 8.78. The van der Waals surface area contributed by atoms with Crippen LogP contribution in [0.5, 0.6) is 11.5 Å². The molecular weight excluding hydrogens is 340 g/mol. The first kappa shape index (κ1) is 18.5. The van der Waals surface area contributed by atoms with Crippen LogP contribution in [0.25, 0.3) is 10.9 Å². The third kappa shape index (κ3) is 4.67. The normalized spacial score (nSPS) is 11.4. The van der Waals surface area contributed by atoms with Gasteiger partial charge in [-0.05, 0) is 35.7 Å². The number of hydrogen-bond donors (Lipinski definition) is 2. The number of pyridine rings is 1. The molecule has 1 aromatic heterocycles. The van der Waals surface area contributed by atoms with Crippen molar-refractivity contribution in [3.05, 3.63) is 65.9 Å². The number of nitrogens with two attached hydrogens (primary N) is 1. The SMILES string of the molecule is COc1ccc(CCNC(N)=NCc2cccc3cccnc23)cc1OC. The predicted molar refractivity (Wildman–Crippen MR) is 108 cm³/mol. The number of nitrogens with zero attached hydrogens (tertiary/aromatic N) is 2. The maximum absolute atomic E-state index is 6.01. The molecule has 0 aliphatic rings. The Morgan fingerprint density at radius 2 is 1.89 bits per heavy atom. The molecule has 0 spiro atoms. The van der Waals surface area contributed by atoms with Crippen LogP contribution in [0.3, 0.4) is 0 Å². The van der Waals surface area contributed by atoms with Gasteiger partial charge in [0, 0.05) is 18.1 Å². The van der Waals surface area contributed by atoms with Gasteiger partial charge in [-0.1, -0.05) is 30.3 Å². The van der Waals surface area contributed by atoms with Crippen LogP contribution in [0.2, 0.25) is 0 Å². The summed E-state index contributed by atoms with van der Waals surface area (Å²) in [7, 11) is 3.26. The number of ether oxygens (including phenoxy) is 2. The smallest absolute Gasteiger partial charge is 0.188 e. The van der Waals surface area contributed by atoms with Crippen LogP contribution in [0.4, 0.5) is 0 Å². The van der Waals surface area contributed by atoms with Gasteiger partial charge in [-0.2, -0.15) is 0 Å². The molecule has 2 aromatic carbocycles. The van der Waals surface area contributed by atoms with Crippen molar-refractivity contribution in [3.63, 3.8) is 0 Å². The summed E-state index contributed by atoms with van der Waals surface area (Å²) in [4.78, 5) is 8.87. The molecule has 27 heavy (non-hydrogen) atoms. The predicted octanol–water partition coefficient (Wildman–Crippen LogP) is 2.90. The minimum Gasteiger partial charge on any atom is -0.493 e. The molecule has 0 atom stereocenters. The van der Waals surface area contributed by atoms with Gasteiger partial charge >= 0.3 is 0 Å². The van der Waals surface area contributed by atoms with Crippen LogP contribution < -0.4 is 20.5 Å². The van der Waals surface area contributed by atoms with E-state index in [0.717, 1.165) is 39.9 Å². The van der Waals surface area contributed by atoms with Gasteiger partial charge in [0.25, 0.3) is 0 Å². The molecule has 0 radical (unpaired) electrons. The lowest BCUT2D eigenvalue weighted by Gasteiger charge is -2.10. The van der Waals surface area contributed by atoms with Crippen LogP contribution >= 0.6 is 0 Å². The summed E-state index contributed by atoms with van der Waals surface area (Å²) < 4.78 is 10.6. The van der Waals surface area contributed by atoms with Crippen LogP contribution in [0.15, 0.2) is 59.7 Å². The van der Waals surface area contributed by atoms with E-state index in [-0.39, 0.29) is 0 Å². The van der Waals surface area contributed by atoms with Crippen molar-refractivity contribution in [2.45, 2.75) is 13.0 Å². The Morgan fingerprint density at radius 3 is 2.70 bits per heavy atom. The fraction of sp³-hybridized carbons (Fsp3) is 0.238. The lowest BCUT2D eigenvalue weighted by Crippen LogP contribution is -2.33. The maximum Gasteiger partial charge on any atom is 0.188 e. The summed E-state index contributed by atoms with van der Waals surface area (Å²) in [6, 6.07) is 15.9. The fourth-order valence-electron chi connectivity index (χ4n) is 2.89. The second kappa shape index (κ2) is 8.89. The van der Waals surface area contributed by atoms with Gasteiger partial charge in [0.05, 0.1) is 26.3 Å². The summed E-state index contributed by atoms with van der Waals surface area (Å²) >= 11 is 0. The van der Waals surface area contributed by atoms with Crippen molar-refractivity contribution in [1.82, 2.24) is 10.3 Å². The molecule has 1 heterocycles. The van der Waals surface area contributed by atoms with E-state index in [4.69, 9.17) is 15.2 Å². The molecule has 140 valence electrons.